The molecule has 0 fully saturated rings. The van der Waals surface area contributed by atoms with Gasteiger partial charge in [-0.1, -0.05) is 18.2 Å². The number of amides is 2. The molecule has 1 aliphatic heterocycles. The maximum Gasteiger partial charge on any atom is 0.319 e. The van der Waals surface area contributed by atoms with Crippen molar-refractivity contribution in [2.24, 2.45) is 10.7 Å². The Morgan fingerprint density at radius 2 is 2.17 bits per heavy atom. The summed E-state index contributed by atoms with van der Waals surface area (Å²) in [5.74, 6) is 1.33. The van der Waals surface area contributed by atoms with Gasteiger partial charge in [-0.15, -0.1) is 0 Å². The third-order valence-electron chi connectivity index (χ3n) is 3.90. The van der Waals surface area contributed by atoms with Crippen LogP contribution in [0.25, 0.3) is 0 Å². The Morgan fingerprint density at radius 1 is 1.29 bits per heavy atom. The second-order valence-corrected chi connectivity index (χ2v) is 5.56. The number of nitrogens with zero attached hydrogens (tertiary/aromatic N) is 1. The summed E-state index contributed by atoms with van der Waals surface area (Å²) in [6, 6.07) is 13.2. The zero-order valence-corrected chi connectivity index (χ0v) is 13.5. The van der Waals surface area contributed by atoms with Crippen LogP contribution in [0.5, 0.6) is 5.75 Å². The van der Waals surface area contributed by atoms with E-state index in [4.69, 9.17) is 10.5 Å². The van der Waals surface area contributed by atoms with Crippen LogP contribution >= 0.6 is 0 Å². The smallest absolute Gasteiger partial charge is 0.319 e. The summed E-state index contributed by atoms with van der Waals surface area (Å²) in [5.41, 5.74) is 9.61. The highest BCUT2D eigenvalue weighted by atomic mass is 16.5. The standard InChI is InChI=1S/C18H20N4O2/c1-24-15-4-2-3-12(9-15)7-8-20-18(23)22-14-6-5-13-11-21-17(19)16(13)10-14/h2-6,9-10H,7-8,11H2,1H3,(H2,19,21)(H2,20,22,23). The summed E-state index contributed by atoms with van der Waals surface area (Å²) in [4.78, 5) is 16.2. The number of carbonyl (C=O) groups is 1. The molecule has 0 saturated heterocycles. The molecule has 6 nitrogen and oxygen atoms in total. The van der Waals surface area contributed by atoms with Crippen LogP contribution in [0.3, 0.4) is 0 Å². The van der Waals surface area contributed by atoms with Crippen LogP contribution in [0.1, 0.15) is 16.7 Å². The monoisotopic (exact) mass is 324 g/mol. The summed E-state index contributed by atoms with van der Waals surface area (Å²) < 4.78 is 5.19. The van der Waals surface area contributed by atoms with Gasteiger partial charge in [0, 0.05) is 17.8 Å². The second kappa shape index (κ2) is 7.04. The van der Waals surface area contributed by atoms with E-state index in [0.29, 0.717) is 24.6 Å². The number of fused-ring (bicyclic) bond motifs is 1. The van der Waals surface area contributed by atoms with Crippen LogP contribution in [0.4, 0.5) is 10.5 Å². The number of anilines is 1. The van der Waals surface area contributed by atoms with Gasteiger partial charge in [-0.05, 0) is 41.8 Å². The number of carbonyl (C=O) groups excluding carboxylic acids is 1. The van der Waals surface area contributed by atoms with Crippen LogP contribution in [-0.2, 0) is 13.0 Å². The normalized spacial score (nSPS) is 12.3. The topological polar surface area (TPSA) is 88.7 Å². The molecule has 124 valence electrons. The van der Waals surface area contributed by atoms with Gasteiger partial charge in [0.15, 0.2) is 0 Å². The number of hydrogen-bond acceptors (Lipinski definition) is 4. The maximum atomic E-state index is 12.0. The van der Waals surface area contributed by atoms with E-state index in [1.165, 1.54) is 0 Å². The molecule has 0 saturated carbocycles. The fraction of sp³-hybridized carbons (Fsp3) is 0.222. The third kappa shape index (κ3) is 3.65. The van der Waals surface area contributed by atoms with Crippen molar-refractivity contribution in [1.29, 1.82) is 0 Å². The molecule has 0 unspecified atom stereocenters. The molecule has 6 heteroatoms. The van der Waals surface area contributed by atoms with Gasteiger partial charge in [-0.3, -0.25) is 4.99 Å². The van der Waals surface area contributed by atoms with Crippen molar-refractivity contribution in [3.63, 3.8) is 0 Å². The molecule has 1 aliphatic rings. The molecular weight excluding hydrogens is 304 g/mol. The van der Waals surface area contributed by atoms with Gasteiger partial charge in [0.2, 0.25) is 0 Å². The van der Waals surface area contributed by atoms with Gasteiger partial charge in [0.05, 0.1) is 13.7 Å². The highest BCUT2D eigenvalue weighted by Gasteiger charge is 2.13. The Balaban J connectivity index is 1.51. The maximum absolute atomic E-state index is 12.0. The van der Waals surface area contributed by atoms with E-state index < -0.39 is 0 Å². The number of benzene rings is 2. The molecule has 0 spiro atoms. The number of urea groups is 1. The summed E-state index contributed by atoms with van der Waals surface area (Å²) in [6.07, 6.45) is 0.731. The minimum absolute atomic E-state index is 0.244. The van der Waals surface area contributed by atoms with E-state index in [1.807, 2.05) is 42.5 Å². The Bertz CT molecular complexity index is 786. The summed E-state index contributed by atoms with van der Waals surface area (Å²) in [5, 5.41) is 5.66. The van der Waals surface area contributed by atoms with Crippen LogP contribution in [0.2, 0.25) is 0 Å². The second-order valence-electron chi connectivity index (χ2n) is 5.56. The molecule has 0 aliphatic carbocycles. The van der Waals surface area contributed by atoms with Crippen LogP contribution in [0, 0.1) is 0 Å². The van der Waals surface area contributed by atoms with Gasteiger partial charge < -0.3 is 21.1 Å². The molecule has 0 radical (unpaired) electrons. The van der Waals surface area contributed by atoms with Crippen molar-refractivity contribution in [1.82, 2.24) is 5.32 Å². The van der Waals surface area contributed by atoms with Crippen LogP contribution < -0.4 is 21.1 Å². The number of rotatable bonds is 5. The number of ether oxygens (including phenoxy) is 1. The Labute approximate surface area is 140 Å². The van der Waals surface area contributed by atoms with Gasteiger partial charge in [-0.2, -0.15) is 0 Å². The van der Waals surface area contributed by atoms with Crippen LogP contribution in [0.15, 0.2) is 47.5 Å². The number of aliphatic imine (C=N–C) groups is 1. The largest absolute Gasteiger partial charge is 0.497 e. The highest BCUT2D eigenvalue weighted by molar-refractivity contribution is 6.02. The molecule has 2 amide bonds. The average Bonchev–Trinajstić information content (AvgIpc) is 2.96. The Morgan fingerprint density at radius 3 is 3.00 bits per heavy atom. The van der Waals surface area contributed by atoms with E-state index in [9.17, 15) is 4.79 Å². The van der Waals surface area contributed by atoms with Gasteiger partial charge >= 0.3 is 6.03 Å². The zero-order chi connectivity index (χ0) is 16.9. The van der Waals surface area contributed by atoms with Crippen molar-refractivity contribution >= 4 is 17.6 Å². The quantitative estimate of drug-likeness (QED) is 0.788. The Kier molecular flexibility index (Phi) is 4.65. The number of methoxy groups -OCH3 is 1. The molecule has 0 atom stereocenters. The number of amidine groups is 1. The van der Waals surface area contributed by atoms with E-state index in [2.05, 4.69) is 15.6 Å². The van der Waals surface area contributed by atoms with E-state index in [-0.39, 0.29) is 6.03 Å². The molecular formula is C18H20N4O2. The first-order chi connectivity index (χ1) is 11.7. The zero-order valence-electron chi connectivity index (χ0n) is 13.5. The predicted octanol–water partition coefficient (Wildman–Crippen LogP) is 2.28. The van der Waals surface area contributed by atoms with Crippen molar-refractivity contribution in [3.8, 4) is 5.75 Å². The number of nitrogens with two attached hydrogens (primary N) is 1. The Hall–Kier alpha value is -3.02. The molecule has 24 heavy (non-hydrogen) atoms. The van der Waals surface area contributed by atoms with Gasteiger partial charge in [0.1, 0.15) is 11.6 Å². The first-order valence-corrected chi connectivity index (χ1v) is 7.77. The third-order valence-corrected chi connectivity index (χ3v) is 3.90. The molecule has 0 bridgehead atoms. The van der Waals surface area contributed by atoms with E-state index in [1.54, 1.807) is 7.11 Å². The summed E-state index contributed by atoms with van der Waals surface area (Å²) >= 11 is 0. The first-order valence-electron chi connectivity index (χ1n) is 7.77. The van der Waals surface area contributed by atoms with Crippen molar-refractivity contribution in [2.75, 3.05) is 19.0 Å². The average molecular weight is 324 g/mol. The molecule has 3 rings (SSSR count). The highest BCUT2D eigenvalue weighted by Crippen LogP contribution is 2.21. The summed E-state index contributed by atoms with van der Waals surface area (Å²) in [6.45, 7) is 1.14. The molecule has 0 aromatic heterocycles. The lowest BCUT2D eigenvalue weighted by Crippen LogP contribution is -2.30. The lowest BCUT2D eigenvalue weighted by atomic mass is 10.1. The fourth-order valence-corrected chi connectivity index (χ4v) is 2.61. The summed E-state index contributed by atoms with van der Waals surface area (Å²) in [7, 11) is 1.64. The lowest BCUT2D eigenvalue weighted by molar-refractivity contribution is 0.252. The fourth-order valence-electron chi connectivity index (χ4n) is 2.61. The van der Waals surface area contributed by atoms with Crippen molar-refractivity contribution in [3.05, 3.63) is 59.2 Å². The molecule has 4 N–H and O–H groups in total. The minimum atomic E-state index is -0.244. The lowest BCUT2D eigenvalue weighted by Gasteiger charge is -2.09. The SMILES string of the molecule is COc1cccc(CCNC(=O)Nc2ccc3c(c2)C(N)=NC3)c1. The molecule has 1 heterocycles. The van der Waals surface area contributed by atoms with Crippen LogP contribution in [-0.4, -0.2) is 25.5 Å². The predicted molar refractivity (Wildman–Crippen MR) is 94.6 cm³/mol. The van der Waals surface area contributed by atoms with Crippen molar-refractivity contribution < 1.29 is 9.53 Å². The number of nitrogens with one attached hydrogen (secondary N) is 2. The van der Waals surface area contributed by atoms with E-state index >= 15 is 0 Å². The minimum Gasteiger partial charge on any atom is -0.497 e. The van der Waals surface area contributed by atoms with Gasteiger partial charge in [-0.25, -0.2) is 4.79 Å². The molecule has 2 aromatic rings. The van der Waals surface area contributed by atoms with Crippen molar-refractivity contribution in [2.45, 2.75) is 13.0 Å². The molecule has 2 aromatic carbocycles. The number of hydrogen-bond donors (Lipinski definition) is 3. The van der Waals surface area contributed by atoms with E-state index in [0.717, 1.165) is 28.9 Å². The van der Waals surface area contributed by atoms with Gasteiger partial charge in [0.25, 0.3) is 0 Å². The first kappa shape index (κ1) is 15.9.